The van der Waals surface area contributed by atoms with Crippen LogP contribution in [0.3, 0.4) is 0 Å². The second-order valence-corrected chi connectivity index (χ2v) is 3.31. The van der Waals surface area contributed by atoms with Gasteiger partial charge in [0.2, 0.25) is 16.3 Å². The first kappa shape index (κ1) is 7.18. The maximum atomic E-state index is 5.90. The van der Waals surface area contributed by atoms with Gasteiger partial charge in [-0.15, -0.1) is 0 Å². The largest absolute Gasteiger partial charge is 0.362 e. The molecular weight excluding hydrogens is 175 g/mol. The maximum Gasteiger partial charge on any atom is 0.205 e. The van der Waals surface area contributed by atoms with E-state index in [-0.39, 0.29) is 0 Å². The lowest BCUT2D eigenvalue weighted by Crippen LogP contribution is -1.99. The van der Waals surface area contributed by atoms with E-state index in [1.807, 2.05) is 6.07 Å². The molecule has 0 aliphatic heterocycles. The van der Waals surface area contributed by atoms with E-state index in [1.54, 1.807) is 12.3 Å². The van der Waals surface area contributed by atoms with Gasteiger partial charge in [0.05, 0.1) is 5.02 Å². The molecule has 11 heavy (non-hydrogen) atoms. The molecule has 52 valence electrons. The normalized spacial score (nSPS) is 10.6. The zero-order valence-electron chi connectivity index (χ0n) is 5.63. The number of hydrogen-bond donors (Lipinski definition) is 1. The van der Waals surface area contributed by atoms with Crippen LogP contribution in [0.5, 0.6) is 0 Å². The van der Waals surface area contributed by atoms with Crippen molar-refractivity contribution >= 4 is 43.5 Å². The van der Waals surface area contributed by atoms with Gasteiger partial charge < -0.3 is 4.98 Å². The van der Waals surface area contributed by atoms with Crippen molar-refractivity contribution in [1.82, 2.24) is 9.97 Å². The van der Waals surface area contributed by atoms with Gasteiger partial charge in [0.1, 0.15) is 5.65 Å². The molecule has 2 heterocycles. The van der Waals surface area contributed by atoms with Gasteiger partial charge in [-0.3, -0.25) is 0 Å². The van der Waals surface area contributed by atoms with Crippen LogP contribution >= 0.6 is 11.6 Å². The smallest absolute Gasteiger partial charge is 0.205 e. The van der Waals surface area contributed by atoms with Crippen molar-refractivity contribution in [2.75, 3.05) is 0 Å². The van der Waals surface area contributed by atoms with E-state index in [9.17, 15) is 0 Å². The van der Waals surface area contributed by atoms with Gasteiger partial charge in [-0.05, 0) is 6.07 Å². The molecule has 2 radical (unpaired) electrons. The second kappa shape index (κ2) is 2.53. The van der Waals surface area contributed by atoms with Crippen LogP contribution < -0.4 is 4.56 Å². The lowest BCUT2D eigenvalue weighted by molar-refractivity contribution is 1.34. The van der Waals surface area contributed by atoms with Crippen molar-refractivity contribution in [2.45, 2.75) is 0 Å². The number of nitrogens with one attached hydrogen (secondary N) is 1. The first-order valence-electron chi connectivity index (χ1n) is 3.16. The third kappa shape index (κ3) is 1.16. The monoisotopic (exact) mass is 178 g/mol. The number of hydrogen-bond acceptors (Lipinski definition) is 1. The molecule has 2 nitrogen and oxygen atoms in total. The van der Waals surface area contributed by atoms with Crippen molar-refractivity contribution in [2.24, 2.45) is 0 Å². The standard InChI is InChI=1S/C7H4ClN2.Al/c8-6-2-4-10-7-5(6)1-3-9-7;/h1-2,4H,(H,9,10);. The molecular formula is C7H4AlClN2. The molecule has 0 bridgehead atoms. The zero-order valence-corrected chi connectivity index (χ0v) is 7.55. The van der Waals surface area contributed by atoms with E-state index in [4.69, 9.17) is 11.6 Å². The summed E-state index contributed by atoms with van der Waals surface area (Å²) >= 11 is 8.47. The average molecular weight is 179 g/mol. The molecule has 0 aromatic carbocycles. The Morgan fingerprint density at radius 1 is 1.55 bits per heavy atom. The fourth-order valence-corrected chi connectivity index (χ4v) is 1.52. The van der Waals surface area contributed by atoms with Gasteiger partial charge in [0.25, 0.3) is 0 Å². The third-order valence-corrected chi connectivity index (χ3v) is 2.14. The van der Waals surface area contributed by atoms with Crippen LogP contribution in [0.1, 0.15) is 0 Å². The van der Waals surface area contributed by atoms with Gasteiger partial charge in [-0.25, -0.2) is 4.98 Å². The van der Waals surface area contributed by atoms with Crippen molar-refractivity contribution in [3.63, 3.8) is 0 Å². The number of nitrogens with zero attached hydrogens (tertiary/aromatic N) is 1. The first-order chi connectivity index (χ1) is 5.27. The summed E-state index contributed by atoms with van der Waals surface area (Å²) in [6.45, 7) is 0. The van der Waals surface area contributed by atoms with Crippen molar-refractivity contribution in [1.29, 1.82) is 0 Å². The van der Waals surface area contributed by atoms with Crippen LogP contribution in [0.25, 0.3) is 11.0 Å². The summed E-state index contributed by atoms with van der Waals surface area (Å²) < 4.78 is 1.00. The maximum absolute atomic E-state index is 5.90. The van der Waals surface area contributed by atoms with E-state index in [1.165, 1.54) is 0 Å². The quantitative estimate of drug-likeness (QED) is 0.600. The molecule has 0 aliphatic rings. The van der Waals surface area contributed by atoms with Crippen LogP contribution in [0, 0.1) is 0 Å². The van der Waals surface area contributed by atoms with E-state index in [2.05, 4.69) is 26.3 Å². The summed E-state index contributed by atoms with van der Waals surface area (Å²) in [6, 6.07) is 3.73. The first-order valence-corrected chi connectivity index (χ1v) is 4.11. The SMILES string of the molecule is [Al][c]1cc2c(Cl)ccnc2[nH]1. The molecule has 0 atom stereocenters. The van der Waals surface area contributed by atoms with E-state index >= 15 is 0 Å². The Balaban J connectivity index is 2.90. The van der Waals surface area contributed by atoms with Gasteiger partial charge in [-0.1, -0.05) is 22.2 Å². The predicted molar refractivity (Wildman–Crippen MR) is 46.5 cm³/mol. The molecule has 0 unspecified atom stereocenters. The number of rotatable bonds is 0. The Bertz CT molecular complexity index is 396. The number of aromatic amines is 1. The lowest BCUT2D eigenvalue weighted by atomic mass is 10.3. The summed E-state index contributed by atoms with van der Waals surface area (Å²) in [5.41, 5.74) is 0.836. The van der Waals surface area contributed by atoms with Gasteiger partial charge in [-0.2, -0.15) is 0 Å². The highest BCUT2D eigenvalue weighted by atomic mass is 35.5. The van der Waals surface area contributed by atoms with Crippen LogP contribution in [0.15, 0.2) is 18.3 Å². The molecule has 0 saturated carbocycles. The predicted octanol–water partition coefficient (Wildman–Crippen LogP) is 1.01. The average Bonchev–Trinajstić information content (AvgIpc) is 2.31. The molecule has 4 heteroatoms. The fraction of sp³-hybridized carbons (Fsp3) is 0. The minimum Gasteiger partial charge on any atom is -0.362 e. The van der Waals surface area contributed by atoms with E-state index in [0.717, 1.165) is 20.6 Å². The van der Waals surface area contributed by atoms with Crippen LogP contribution in [0.4, 0.5) is 0 Å². The van der Waals surface area contributed by atoms with E-state index in [0.29, 0.717) is 0 Å². The van der Waals surface area contributed by atoms with Gasteiger partial charge in [0, 0.05) is 11.6 Å². The summed E-state index contributed by atoms with van der Waals surface area (Å²) in [4.78, 5) is 7.18. The highest BCUT2D eigenvalue weighted by Gasteiger charge is 2.00. The molecule has 2 aromatic heterocycles. The molecule has 0 fully saturated rings. The molecule has 0 amide bonds. The molecule has 1 N–H and O–H groups in total. The Morgan fingerprint density at radius 2 is 2.36 bits per heavy atom. The van der Waals surface area contributed by atoms with E-state index < -0.39 is 0 Å². The minimum absolute atomic E-state index is 0.736. The Labute approximate surface area is 77.0 Å². The Morgan fingerprint density at radius 3 is 3.09 bits per heavy atom. The van der Waals surface area contributed by atoms with Crippen LogP contribution in [-0.4, -0.2) is 26.3 Å². The van der Waals surface area contributed by atoms with Crippen molar-refractivity contribution < 1.29 is 0 Å². The molecule has 0 saturated heterocycles. The second-order valence-electron chi connectivity index (χ2n) is 2.28. The summed E-state index contributed by atoms with van der Waals surface area (Å²) in [7, 11) is 0. The molecule has 2 rings (SSSR count). The van der Waals surface area contributed by atoms with Crippen molar-refractivity contribution in [3.8, 4) is 0 Å². The Kier molecular flexibility index (Phi) is 1.65. The van der Waals surface area contributed by atoms with Gasteiger partial charge in [0.15, 0.2) is 0 Å². The topological polar surface area (TPSA) is 28.7 Å². The third-order valence-electron chi connectivity index (χ3n) is 1.50. The Hall–Kier alpha value is -0.488. The van der Waals surface area contributed by atoms with Crippen molar-refractivity contribution in [3.05, 3.63) is 23.4 Å². The lowest BCUT2D eigenvalue weighted by Gasteiger charge is -1.89. The minimum atomic E-state index is 0.736. The molecule has 0 spiro atoms. The summed E-state index contributed by atoms with van der Waals surface area (Å²) in [6.07, 6.45) is 1.69. The fourth-order valence-electron chi connectivity index (χ4n) is 1.01. The summed E-state index contributed by atoms with van der Waals surface area (Å²) in [5, 5.41) is 1.71. The van der Waals surface area contributed by atoms with Gasteiger partial charge >= 0.3 is 0 Å². The number of pyridine rings is 1. The number of halogens is 1. The number of fused-ring (bicyclic) bond motifs is 1. The molecule has 2 aromatic rings. The number of aromatic nitrogens is 2. The zero-order chi connectivity index (χ0) is 7.84. The number of H-pyrrole nitrogens is 1. The highest BCUT2D eigenvalue weighted by molar-refractivity contribution is 6.37. The highest BCUT2D eigenvalue weighted by Crippen LogP contribution is 2.18. The van der Waals surface area contributed by atoms with Crippen LogP contribution in [0.2, 0.25) is 5.02 Å². The summed E-state index contributed by atoms with van der Waals surface area (Å²) in [5.74, 6) is 0. The van der Waals surface area contributed by atoms with Crippen LogP contribution in [-0.2, 0) is 0 Å². The molecule has 0 aliphatic carbocycles.